The predicted molar refractivity (Wildman–Crippen MR) is 150 cm³/mol. The highest BCUT2D eigenvalue weighted by molar-refractivity contribution is 7.90. The number of hydrogen-bond donors (Lipinski definition) is 1. The molecule has 0 spiro atoms. The minimum absolute atomic E-state index is 0.149. The number of sulfone groups is 1. The number of H-pyrrole nitrogens is 1. The number of amides is 1. The van der Waals surface area contributed by atoms with E-state index in [2.05, 4.69) is 30.1 Å². The Bertz CT molecular complexity index is 1920. The Hall–Kier alpha value is -5.12. The Balaban J connectivity index is 1.25. The molecule has 0 aliphatic carbocycles. The van der Waals surface area contributed by atoms with Crippen molar-refractivity contribution in [2.24, 2.45) is 0 Å². The van der Waals surface area contributed by atoms with Gasteiger partial charge in [0.25, 0.3) is 16.8 Å². The number of carbonyl (C=O) groups is 2. The molecule has 1 N–H and O–H groups in total. The maximum Gasteiger partial charge on any atom is 0.295 e. The molecule has 4 aromatic heterocycles. The van der Waals surface area contributed by atoms with Crippen LogP contribution in [-0.2, 0) is 14.6 Å². The topological polar surface area (TPSA) is 174 Å². The van der Waals surface area contributed by atoms with E-state index in [0.717, 1.165) is 6.26 Å². The lowest BCUT2D eigenvalue weighted by Gasteiger charge is -2.34. The van der Waals surface area contributed by atoms with Gasteiger partial charge in [-0.05, 0) is 19.1 Å². The van der Waals surface area contributed by atoms with Gasteiger partial charge in [0, 0.05) is 38.6 Å². The molecule has 5 heterocycles. The van der Waals surface area contributed by atoms with Crippen LogP contribution in [-0.4, -0.2) is 104 Å². The van der Waals surface area contributed by atoms with Gasteiger partial charge in [-0.2, -0.15) is 14.8 Å². The smallest absolute Gasteiger partial charge is 0.295 e. The van der Waals surface area contributed by atoms with Crippen molar-refractivity contribution in [3.8, 4) is 17.3 Å². The maximum atomic E-state index is 13.5. The molecule has 15 nitrogen and oxygen atoms in total. The first kappa shape index (κ1) is 27.1. The van der Waals surface area contributed by atoms with Crippen LogP contribution in [0.15, 0.2) is 54.2 Å². The predicted octanol–water partition coefficient (Wildman–Crippen LogP) is 0.976. The number of Topliss-reactive ketones (excluding diaryl/α,β-unsaturated/α-hetero) is 1. The van der Waals surface area contributed by atoms with Crippen molar-refractivity contribution in [2.75, 3.05) is 44.4 Å². The fraction of sp³-hybridized carbons (Fsp3) is 0.269. The molecular weight excluding hydrogens is 564 g/mol. The van der Waals surface area contributed by atoms with Gasteiger partial charge in [-0.3, -0.25) is 9.59 Å². The van der Waals surface area contributed by atoms with E-state index >= 15 is 0 Å². The molecule has 1 amide bonds. The molecular formula is C26H26N10O5S. The van der Waals surface area contributed by atoms with Gasteiger partial charge < -0.3 is 19.5 Å². The van der Waals surface area contributed by atoms with E-state index in [1.165, 1.54) is 40.1 Å². The Kier molecular flexibility index (Phi) is 6.68. The number of nitrogens with one attached hydrogen (secondary N) is 1. The molecule has 1 saturated heterocycles. The third-order valence-corrected chi connectivity index (χ3v) is 7.73. The van der Waals surface area contributed by atoms with Crippen molar-refractivity contribution in [3.63, 3.8) is 0 Å². The number of piperazine rings is 1. The van der Waals surface area contributed by atoms with Gasteiger partial charge in [-0.1, -0.05) is 18.2 Å². The summed E-state index contributed by atoms with van der Waals surface area (Å²) in [5.41, 5.74) is 1.27. The van der Waals surface area contributed by atoms with Crippen LogP contribution in [0.3, 0.4) is 0 Å². The Morgan fingerprint density at radius 2 is 1.76 bits per heavy atom. The zero-order chi connectivity index (χ0) is 29.6. The molecule has 0 atom stereocenters. The van der Waals surface area contributed by atoms with Crippen LogP contribution in [0.1, 0.15) is 16.2 Å². The van der Waals surface area contributed by atoms with Crippen molar-refractivity contribution in [1.82, 2.24) is 44.4 Å². The molecule has 0 unspecified atom stereocenters. The van der Waals surface area contributed by atoms with E-state index < -0.39 is 21.5 Å². The first-order valence-corrected chi connectivity index (χ1v) is 14.8. The number of carbonyl (C=O) groups excluding carboxylic acids is 2. The van der Waals surface area contributed by atoms with Gasteiger partial charge in [0.1, 0.15) is 17.9 Å². The number of aromatic nitrogens is 8. The Morgan fingerprint density at radius 3 is 2.40 bits per heavy atom. The van der Waals surface area contributed by atoms with Gasteiger partial charge >= 0.3 is 0 Å². The van der Waals surface area contributed by atoms with E-state index in [4.69, 9.17) is 4.74 Å². The van der Waals surface area contributed by atoms with Gasteiger partial charge in [0.2, 0.25) is 15.8 Å². The van der Waals surface area contributed by atoms with E-state index in [1.54, 1.807) is 19.1 Å². The number of nitrogens with zero attached hydrogens (tertiary/aromatic N) is 9. The summed E-state index contributed by atoms with van der Waals surface area (Å²) in [5, 5.41) is 8.64. The molecule has 1 fully saturated rings. The van der Waals surface area contributed by atoms with Crippen LogP contribution in [0.4, 0.5) is 5.95 Å². The molecule has 1 aliphatic rings. The molecule has 16 heteroatoms. The highest BCUT2D eigenvalue weighted by Gasteiger charge is 2.32. The fourth-order valence-corrected chi connectivity index (χ4v) is 5.30. The van der Waals surface area contributed by atoms with Crippen LogP contribution in [0.25, 0.3) is 22.4 Å². The van der Waals surface area contributed by atoms with Crippen molar-refractivity contribution < 1.29 is 22.7 Å². The summed E-state index contributed by atoms with van der Waals surface area (Å²) in [6, 6.07) is 9.06. The average Bonchev–Trinajstić information content (AvgIpc) is 3.75. The molecule has 1 aliphatic heterocycles. The number of ketones is 1. The van der Waals surface area contributed by atoms with Crippen molar-refractivity contribution in [1.29, 1.82) is 0 Å². The molecule has 0 radical (unpaired) electrons. The second kappa shape index (κ2) is 10.4. The molecule has 0 saturated carbocycles. The monoisotopic (exact) mass is 590 g/mol. The number of methoxy groups -OCH3 is 1. The molecule has 5 aromatic rings. The van der Waals surface area contributed by atoms with E-state index in [1.807, 2.05) is 23.1 Å². The maximum absolute atomic E-state index is 13.5. The minimum atomic E-state index is -3.66. The number of aromatic amines is 1. The summed E-state index contributed by atoms with van der Waals surface area (Å²) in [7, 11) is -2.20. The van der Waals surface area contributed by atoms with Gasteiger partial charge in [-0.25, -0.2) is 23.1 Å². The number of pyridine rings is 1. The van der Waals surface area contributed by atoms with Crippen molar-refractivity contribution in [2.45, 2.75) is 12.1 Å². The molecule has 6 rings (SSSR count). The lowest BCUT2D eigenvalue weighted by Crippen LogP contribution is -2.51. The number of benzene rings is 1. The van der Waals surface area contributed by atoms with Crippen LogP contribution in [0.5, 0.6) is 5.75 Å². The Morgan fingerprint density at radius 1 is 1.02 bits per heavy atom. The molecule has 1 aromatic carbocycles. The van der Waals surface area contributed by atoms with Crippen LogP contribution in [0.2, 0.25) is 0 Å². The average molecular weight is 591 g/mol. The number of hydrogen-bond acceptors (Lipinski definition) is 11. The Labute approximate surface area is 239 Å². The van der Waals surface area contributed by atoms with Crippen LogP contribution < -0.4 is 9.64 Å². The summed E-state index contributed by atoms with van der Waals surface area (Å²) in [4.78, 5) is 46.1. The quantitative estimate of drug-likeness (QED) is 0.211. The van der Waals surface area contributed by atoms with Crippen molar-refractivity contribution in [3.05, 3.63) is 60.4 Å². The summed E-state index contributed by atoms with van der Waals surface area (Å²) >= 11 is 0. The zero-order valence-corrected chi connectivity index (χ0v) is 23.7. The second-order valence-corrected chi connectivity index (χ2v) is 11.6. The number of anilines is 1. The standard InChI is InChI=1S/C26H26N10O5S/c1-16-29-15-35(31-16)23-21-20(19(41-2)14-28-23)18(13-27-21)22(37)24(38)33-9-11-34(12-10-33)26-30-25(42(3,39)40)32-36(26)17-7-5-4-6-8-17/h4-8,13-15,27H,9-12H2,1-3H3. The van der Waals surface area contributed by atoms with Crippen LogP contribution >= 0.6 is 0 Å². The summed E-state index contributed by atoms with van der Waals surface area (Å²) < 4.78 is 32.8. The molecule has 216 valence electrons. The van der Waals surface area contributed by atoms with Gasteiger partial charge in [0.15, 0.2) is 5.82 Å². The second-order valence-electron chi connectivity index (χ2n) is 9.66. The number of rotatable bonds is 7. The number of para-hydroxylation sites is 1. The molecule has 0 bridgehead atoms. The zero-order valence-electron chi connectivity index (χ0n) is 22.9. The first-order valence-electron chi connectivity index (χ1n) is 12.9. The fourth-order valence-electron chi connectivity index (χ4n) is 4.82. The minimum Gasteiger partial charge on any atom is -0.494 e. The molecule has 42 heavy (non-hydrogen) atoms. The van der Waals surface area contributed by atoms with E-state index in [9.17, 15) is 18.0 Å². The highest BCUT2D eigenvalue weighted by atomic mass is 32.2. The summed E-state index contributed by atoms with van der Waals surface area (Å²) in [5.74, 6) is 0.246. The normalized spacial score (nSPS) is 14.0. The van der Waals surface area contributed by atoms with Crippen molar-refractivity contribution >= 4 is 38.4 Å². The number of ether oxygens (including phenoxy) is 1. The van der Waals surface area contributed by atoms with Crippen LogP contribution in [0, 0.1) is 6.92 Å². The van der Waals surface area contributed by atoms with Gasteiger partial charge in [-0.15, -0.1) is 5.10 Å². The summed E-state index contributed by atoms with van der Waals surface area (Å²) in [6.45, 7) is 2.79. The lowest BCUT2D eigenvalue weighted by molar-refractivity contribution is -0.126. The first-order chi connectivity index (χ1) is 20.2. The number of fused-ring (bicyclic) bond motifs is 1. The third-order valence-electron chi connectivity index (χ3n) is 6.89. The number of aryl methyl sites for hydroxylation is 1. The lowest BCUT2D eigenvalue weighted by atomic mass is 10.1. The van der Waals surface area contributed by atoms with Gasteiger partial charge in [0.05, 0.1) is 35.5 Å². The highest BCUT2D eigenvalue weighted by Crippen LogP contribution is 2.32. The third kappa shape index (κ3) is 4.74. The SMILES string of the molecule is COc1cnc(-n2cnc(C)n2)c2[nH]cc(C(=O)C(=O)N3CCN(c4nc(S(C)(=O)=O)nn4-c4ccccc4)CC3)c12. The summed E-state index contributed by atoms with van der Waals surface area (Å²) in [6.07, 6.45) is 5.49. The van der Waals surface area contributed by atoms with E-state index in [0.29, 0.717) is 53.0 Å². The van der Waals surface area contributed by atoms with E-state index in [-0.39, 0.29) is 23.8 Å². The largest absolute Gasteiger partial charge is 0.494 e.